The molecule has 1 aromatic carbocycles. The second kappa shape index (κ2) is 5.88. The summed E-state index contributed by atoms with van der Waals surface area (Å²) in [6.07, 6.45) is 8.34. The van der Waals surface area contributed by atoms with Gasteiger partial charge in [0, 0.05) is 29.0 Å². The number of H-pyrrole nitrogens is 1. The van der Waals surface area contributed by atoms with Crippen molar-refractivity contribution < 1.29 is 4.79 Å². The number of aryl methyl sites for hydroxylation is 1. The van der Waals surface area contributed by atoms with Crippen LogP contribution in [0.25, 0.3) is 10.9 Å². The summed E-state index contributed by atoms with van der Waals surface area (Å²) in [5.41, 5.74) is 3.64. The Bertz CT molecular complexity index is 979. The second-order valence-electron chi connectivity index (χ2n) is 5.92. The zero-order valence-electron chi connectivity index (χ0n) is 13.0. The van der Waals surface area contributed by atoms with Crippen LogP contribution in [0, 0.1) is 0 Å². The van der Waals surface area contributed by atoms with Crippen molar-refractivity contribution in [1.29, 1.82) is 0 Å². The van der Waals surface area contributed by atoms with E-state index in [4.69, 9.17) is 0 Å². The maximum Gasteiger partial charge on any atom is 0.275 e. The number of hydrogen-bond acceptors (Lipinski definition) is 4. The minimum absolute atomic E-state index is 0.0189. The molecule has 1 aliphatic carbocycles. The molecule has 2 heterocycles. The molecule has 4 rings (SSSR count). The maximum atomic E-state index is 12.3. The highest BCUT2D eigenvalue weighted by atomic mass is 16.2. The number of amides is 1. The van der Waals surface area contributed by atoms with E-state index in [9.17, 15) is 9.59 Å². The summed E-state index contributed by atoms with van der Waals surface area (Å²) in [7, 11) is 0. The maximum absolute atomic E-state index is 12.3. The molecule has 1 amide bonds. The first-order chi connectivity index (χ1) is 11.7. The molecule has 24 heavy (non-hydrogen) atoms. The molecule has 0 saturated heterocycles. The summed E-state index contributed by atoms with van der Waals surface area (Å²) < 4.78 is 0. The molecule has 0 radical (unpaired) electrons. The highest BCUT2D eigenvalue weighted by Crippen LogP contribution is 2.27. The van der Waals surface area contributed by atoms with Gasteiger partial charge in [-0.05, 0) is 43.4 Å². The molecule has 120 valence electrons. The van der Waals surface area contributed by atoms with Crippen LogP contribution in [0.2, 0.25) is 0 Å². The minimum atomic E-state index is -0.331. The molecule has 0 bridgehead atoms. The fraction of sp³-hybridized carbons (Fsp3) is 0.222. The number of aromatic nitrogens is 3. The van der Waals surface area contributed by atoms with Crippen LogP contribution in [0.5, 0.6) is 0 Å². The average Bonchev–Trinajstić information content (AvgIpc) is 2.62. The third-order valence-corrected chi connectivity index (χ3v) is 4.39. The predicted molar refractivity (Wildman–Crippen MR) is 91.2 cm³/mol. The third kappa shape index (κ3) is 2.56. The van der Waals surface area contributed by atoms with Crippen molar-refractivity contribution in [3.8, 4) is 0 Å². The SMILES string of the molecule is O=C(Nc1ccc2c3c(c(=O)[nH]c2c1)CCCC3)c1cnccn1. The van der Waals surface area contributed by atoms with Crippen molar-refractivity contribution in [2.75, 3.05) is 5.32 Å². The van der Waals surface area contributed by atoms with Gasteiger partial charge in [-0.3, -0.25) is 14.6 Å². The van der Waals surface area contributed by atoms with Crippen LogP contribution < -0.4 is 10.9 Å². The van der Waals surface area contributed by atoms with Crippen LogP contribution in [0.15, 0.2) is 41.6 Å². The number of carbonyl (C=O) groups excluding carboxylic acids is 1. The van der Waals surface area contributed by atoms with Gasteiger partial charge in [-0.2, -0.15) is 0 Å². The lowest BCUT2D eigenvalue weighted by molar-refractivity contribution is 0.102. The lowest BCUT2D eigenvalue weighted by Gasteiger charge is -2.17. The number of hydrogen-bond donors (Lipinski definition) is 2. The molecule has 6 heteroatoms. The molecule has 0 saturated carbocycles. The van der Waals surface area contributed by atoms with E-state index in [1.54, 1.807) is 6.07 Å². The molecular weight excluding hydrogens is 304 g/mol. The van der Waals surface area contributed by atoms with Crippen molar-refractivity contribution >= 4 is 22.5 Å². The van der Waals surface area contributed by atoms with E-state index in [-0.39, 0.29) is 17.2 Å². The van der Waals surface area contributed by atoms with Gasteiger partial charge >= 0.3 is 0 Å². The van der Waals surface area contributed by atoms with Gasteiger partial charge in [0.25, 0.3) is 11.5 Å². The summed E-state index contributed by atoms with van der Waals surface area (Å²) in [5, 5.41) is 3.84. The first-order valence-corrected chi connectivity index (χ1v) is 7.97. The monoisotopic (exact) mass is 320 g/mol. The van der Waals surface area contributed by atoms with Crippen molar-refractivity contribution in [2.24, 2.45) is 0 Å². The quantitative estimate of drug-likeness (QED) is 0.759. The van der Waals surface area contributed by atoms with Crippen LogP contribution in [-0.2, 0) is 12.8 Å². The normalized spacial score (nSPS) is 13.5. The van der Waals surface area contributed by atoms with Crippen molar-refractivity contribution in [3.63, 3.8) is 0 Å². The Hall–Kier alpha value is -3.02. The van der Waals surface area contributed by atoms with Crippen molar-refractivity contribution in [2.45, 2.75) is 25.7 Å². The Morgan fingerprint density at radius 1 is 1.12 bits per heavy atom. The molecule has 0 unspecified atom stereocenters. The van der Waals surface area contributed by atoms with Crippen molar-refractivity contribution in [3.05, 3.63) is 64.0 Å². The van der Waals surface area contributed by atoms with E-state index < -0.39 is 0 Å². The van der Waals surface area contributed by atoms with Crippen LogP contribution >= 0.6 is 0 Å². The molecule has 3 aromatic rings. The summed E-state index contributed by atoms with van der Waals surface area (Å²) in [6.45, 7) is 0. The number of anilines is 1. The summed E-state index contributed by atoms with van der Waals surface area (Å²) in [6, 6.07) is 5.60. The van der Waals surface area contributed by atoms with Gasteiger partial charge in [0.05, 0.1) is 11.7 Å². The zero-order valence-corrected chi connectivity index (χ0v) is 13.0. The van der Waals surface area contributed by atoms with Crippen LogP contribution in [0.4, 0.5) is 5.69 Å². The van der Waals surface area contributed by atoms with Crippen LogP contribution in [0.1, 0.15) is 34.5 Å². The van der Waals surface area contributed by atoms with Gasteiger partial charge in [0.2, 0.25) is 0 Å². The number of pyridine rings is 1. The van der Waals surface area contributed by atoms with E-state index in [1.807, 2.05) is 12.1 Å². The van der Waals surface area contributed by atoms with Gasteiger partial charge in [0.15, 0.2) is 0 Å². The number of nitrogens with one attached hydrogen (secondary N) is 2. The van der Waals surface area contributed by atoms with Gasteiger partial charge in [-0.1, -0.05) is 6.07 Å². The third-order valence-electron chi connectivity index (χ3n) is 4.39. The number of aromatic amines is 1. The Kier molecular flexibility index (Phi) is 3.57. The number of carbonyl (C=O) groups is 1. The molecule has 0 aliphatic heterocycles. The Balaban J connectivity index is 1.71. The van der Waals surface area contributed by atoms with E-state index in [1.165, 1.54) is 18.6 Å². The van der Waals surface area contributed by atoms with E-state index >= 15 is 0 Å². The molecule has 0 spiro atoms. The fourth-order valence-electron chi connectivity index (χ4n) is 3.25. The van der Waals surface area contributed by atoms with Gasteiger partial charge < -0.3 is 10.3 Å². The highest BCUT2D eigenvalue weighted by Gasteiger charge is 2.16. The van der Waals surface area contributed by atoms with Crippen molar-refractivity contribution in [1.82, 2.24) is 15.0 Å². The Morgan fingerprint density at radius 2 is 1.96 bits per heavy atom. The van der Waals surface area contributed by atoms with Crippen LogP contribution in [-0.4, -0.2) is 20.9 Å². The molecular formula is C18H16N4O2. The molecule has 0 atom stereocenters. The van der Waals surface area contributed by atoms with Gasteiger partial charge in [0.1, 0.15) is 5.69 Å². The zero-order chi connectivity index (χ0) is 16.5. The highest BCUT2D eigenvalue weighted by molar-refractivity contribution is 6.03. The molecule has 0 fully saturated rings. The van der Waals surface area contributed by atoms with E-state index in [0.29, 0.717) is 5.69 Å². The average molecular weight is 320 g/mol. The standard InChI is InChI=1S/C18H16N4O2/c23-17-14-4-2-1-3-12(14)13-6-5-11(9-15(13)22-17)21-18(24)16-10-19-7-8-20-16/h5-10H,1-4H2,(H,21,24)(H,22,23). The fourth-order valence-corrected chi connectivity index (χ4v) is 3.25. The van der Waals surface area contributed by atoms with Crippen LogP contribution in [0.3, 0.4) is 0 Å². The van der Waals surface area contributed by atoms with Gasteiger partial charge in [-0.15, -0.1) is 0 Å². The molecule has 6 nitrogen and oxygen atoms in total. The van der Waals surface area contributed by atoms with Gasteiger partial charge in [-0.25, -0.2) is 4.98 Å². The Morgan fingerprint density at radius 3 is 2.75 bits per heavy atom. The number of benzene rings is 1. The number of rotatable bonds is 2. The second-order valence-corrected chi connectivity index (χ2v) is 5.92. The smallest absolute Gasteiger partial charge is 0.275 e. The number of nitrogens with zero attached hydrogens (tertiary/aromatic N) is 2. The minimum Gasteiger partial charge on any atom is -0.322 e. The Labute approximate surface area is 138 Å². The number of fused-ring (bicyclic) bond motifs is 3. The molecule has 2 aromatic heterocycles. The van der Waals surface area contributed by atoms with E-state index in [2.05, 4.69) is 20.3 Å². The molecule has 1 aliphatic rings. The summed E-state index contributed by atoms with van der Waals surface area (Å²) >= 11 is 0. The molecule has 2 N–H and O–H groups in total. The topological polar surface area (TPSA) is 87.7 Å². The summed E-state index contributed by atoms with van der Waals surface area (Å²) in [5.74, 6) is -0.331. The first kappa shape index (κ1) is 14.6. The van der Waals surface area contributed by atoms with E-state index in [0.717, 1.165) is 47.7 Å². The lowest BCUT2D eigenvalue weighted by atomic mass is 9.90. The lowest BCUT2D eigenvalue weighted by Crippen LogP contribution is -2.19. The first-order valence-electron chi connectivity index (χ1n) is 7.97. The summed E-state index contributed by atoms with van der Waals surface area (Å²) in [4.78, 5) is 35.2. The predicted octanol–water partition coefficient (Wildman–Crippen LogP) is 2.45. The largest absolute Gasteiger partial charge is 0.322 e.